The molecule has 1 atom stereocenters. The van der Waals surface area contributed by atoms with Crippen molar-refractivity contribution in [3.8, 4) is 0 Å². The fourth-order valence-electron chi connectivity index (χ4n) is 3.80. The van der Waals surface area contributed by atoms with E-state index in [0.29, 0.717) is 6.04 Å². The average molecular weight is 479 g/mol. The summed E-state index contributed by atoms with van der Waals surface area (Å²) in [6.07, 6.45) is 4.78. The fraction of sp³-hybridized carbons (Fsp3) is 0.895. The molecule has 2 heterocycles. The second-order valence-corrected chi connectivity index (χ2v) is 7.81. The van der Waals surface area contributed by atoms with Crippen LogP contribution >= 0.6 is 24.0 Å². The highest BCUT2D eigenvalue weighted by molar-refractivity contribution is 14.0. The van der Waals surface area contributed by atoms with E-state index < -0.39 is 0 Å². The Bertz CT molecular complexity index is 449. The molecule has 0 spiro atoms. The van der Waals surface area contributed by atoms with Crippen LogP contribution in [0.1, 0.15) is 46.5 Å². The van der Waals surface area contributed by atoms with E-state index in [2.05, 4.69) is 27.4 Å². The van der Waals surface area contributed by atoms with Gasteiger partial charge in [0.25, 0.3) is 0 Å². The van der Waals surface area contributed by atoms with Crippen LogP contribution in [0.2, 0.25) is 0 Å². The number of carbonyl (C=O) groups is 1. The smallest absolute Gasteiger partial charge is 0.225 e. The van der Waals surface area contributed by atoms with Gasteiger partial charge in [-0.25, -0.2) is 0 Å². The minimum atomic E-state index is 0. The van der Waals surface area contributed by atoms with Crippen molar-refractivity contribution in [2.45, 2.75) is 52.5 Å². The monoisotopic (exact) mass is 479 g/mol. The zero-order valence-electron chi connectivity index (χ0n) is 17.0. The minimum absolute atomic E-state index is 0. The van der Waals surface area contributed by atoms with Crippen molar-refractivity contribution in [2.24, 2.45) is 16.8 Å². The van der Waals surface area contributed by atoms with Gasteiger partial charge in [0.15, 0.2) is 5.96 Å². The Balaban J connectivity index is 0.00000338. The molecule has 0 aliphatic carbocycles. The van der Waals surface area contributed by atoms with E-state index in [1.165, 1.54) is 38.9 Å². The zero-order chi connectivity index (χ0) is 18.2. The van der Waals surface area contributed by atoms with E-state index in [4.69, 9.17) is 0 Å². The lowest BCUT2D eigenvalue weighted by atomic mass is 9.97. The molecule has 0 radical (unpaired) electrons. The van der Waals surface area contributed by atoms with Gasteiger partial charge in [-0.05, 0) is 51.2 Å². The van der Waals surface area contributed by atoms with E-state index in [9.17, 15) is 4.79 Å². The lowest BCUT2D eigenvalue weighted by Gasteiger charge is -2.32. The normalized spacial score (nSPS) is 22.4. The summed E-state index contributed by atoms with van der Waals surface area (Å²) in [5, 5.41) is 6.99. The molecular weight excluding hydrogens is 441 g/mol. The summed E-state index contributed by atoms with van der Waals surface area (Å²) in [7, 11) is 1.82. The van der Waals surface area contributed by atoms with Gasteiger partial charge >= 0.3 is 0 Å². The maximum absolute atomic E-state index is 12.1. The van der Waals surface area contributed by atoms with Crippen LogP contribution in [-0.2, 0) is 4.79 Å². The van der Waals surface area contributed by atoms with Crippen LogP contribution in [0.4, 0.5) is 0 Å². The maximum atomic E-state index is 12.1. The summed E-state index contributed by atoms with van der Waals surface area (Å²) in [6.45, 7) is 12.5. The molecule has 6 nitrogen and oxygen atoms in total. The molecule has 7 heteroatoms. The summed E-state index contributed by atoms with van der Waals surface area (Å²) < 4.78 is 0. The molecule has 26 heavy (non-hydrogen) atoms. The Hall–Kier alpha value is -0.570. The number of piperidine rings is 1. The number of guanidine groups is 1. The summed E-state index contributed by atoms with van der Waals surface area (Å²) in [5.41, 5.74) is 0. The molecule has 0 bridgehead atoms. The van der Waals surface area contributed by atoms with Crippen molar-refractivity contribution in [1.82, 2.24) is 20.4 Å². The molecule has 2 aliphatic heterocycles. The molecule has 2 aliphatic rings. The molecule has 0 aromatic carbocycles. The summed E-state index contributed by atoms with van der Waals surface area (Å²) in [4.78, 5) is 21.0. The Morgan fingerprint density at radius 2 is 1.88 bits per heavy atom. The summed E-state index contributed by atoms with van der Waals surface area (Å²) >= 11 is 0. The molecule has 0 saturated carbocycles. The van der Waals surface area contributed by atoms with Crippen LogP contribution in [0, 0.1) is 11.8 Å². The van der Waals surface area contributed by atoms with Crippen LogP contribution in [0.15, 0.2) is 4.99 Å². The number of aliphatic imine (C=N–C) groups is 1. The van der Waals surface area contributed by atoms with Crippen LogP contribution < -0.4 is 10.6 Å². The summed E-state index contributed by atoms with van der Waals surface area (Å²) in [5.74, 6) is 1.94. The fourth-order valence-corrected chi connectivity index (χ4v) is 3.80. The van der Waals surface area contributed by atoms with Crippen LogP contribution in [0.3, 0.4) is 0 Å². The number of carbonyl (C=O) groups excluding carboxylic acids is 1. The molecule has 1 unspecified atom stereocenters. The molecule has 152 valence electrons. The van der Waals surface area contributed by atoms with Crippen molar-refractivity contribution in [3.63, 3.8) is 0 Å². The highest BCUT2D eigenvalue weighted by Gasteiger charge is 2.28. The van der Waals surface area contributed by atoms with Crippen molar-refractivity contribution >= 4 is 35.8 Å². The first kappa shape index (κ1) is 23.5. The van der Waals surface area contributed by atoms with Gasteiger partial charge in [0.05, 0.1) is 0 Å². The zero-order valence-corrected chi connectivity index (χ0v) is 19.3. The molecule has 1 amide bonds. The standard InChI is InChI=1S/C19H37N5O.HI/c1-5-9-23-10-6-16(7-11-23)13-21-19(20-4)22-17-8-12-24(14-17)18(25)15(2)3;/h15-17H,5-14H2,1-4H3,(H2,20,21,22);1H. The Kier molecular flexibility index (Phi) is 10.8. The SMILES string of the molecule is CCCN1CCC(CNC(=NC)NC2CCN(C(=O)C(C)C)C2)CC1.I. The van der Waals surface area contributed by atoms with Crippen LogP contribution in [0.5, 0.6) is 0 Å². The number of likely N-dealkylation sites (tertiary alicyclic amines) is 2. The van der Waals surface area contributed by atoms with Crippen molar-refractivity contribution in [1.29, 1.82) is 0 Å². The van der Waals surface area contributed by atoms with E-state index in [1.54, 1.807) is 0 Å². The van der Waals surface area contributed by atoms with Crippen molar-refractivity contribution < 1.29 is 4.79 Å². The molecule has 2 saturated heterocycles. The van der Waals surface area contributed by atoms with Crippen molar-refractivity contribution in [3.05, 3.63) is 0 Å². The van der Waals surface area contributed by atoms with Crippen LogP contribution in [-0.4, -0.2) is 74.0 Å². The van der Waals surface area contributed by atoms with E-state index in [-0.39, 0.29) is 35.8 Å². The highest BCUT2D eigenvalue weighted by atomic mass is 127. The maximum Gasteiger partial charge on any atom is 0.225 e. The van der Waals surface area contributed by atoms with Gasteiger partial charge < -0.3 is 20.4 Å². The largest absolute Gasteiger partial charge is 0.356 e. The van der Waals surface area contributed by atoms with Gasteiger partial charge in [-0.1, -0.05) is 20.8 Å². The second-order valence-electron chi connectivity index (χ2n) is 7.81. The van der Waals surface area contributed by atoms with Crippen LogP contribution in [0.25, 0.3) is 0 Å². The first-order valence-corrected chi connectivity index (χ1v) is 10.0. The minimum Gasteiger partial charge on any atom is -0.356 e. The average Bonchev–Trinajstić information content (AvgIpc) is 3.07. The topological polar surface area (TPSA) is 60.0 Å². The predicted octanol–water partition coefficient (Wildman–Crippen LogP) is 2.15. The number of rotatable bonds is 6. The third-order valence-corrected chi connectivity index (χ3v) is 5.36. The highest BCUT2D eigenvalue weighted by Crippen LogP contribution is 2.16. The molecule has 2 fully saturated rings. The number of nitrogens with zero attached hydrogens (tertiary/aromatic N) is 3. The predicted molar refractivity (Wildman–Crippen MR) is 119 cm³/mol. The Labute approximate surface area is 176 Å². The molecule has 2 rings (SSSR count). The number of hydrogen-bond acceptors (Lipinski definition) is 3. The van der Waals surface area contributed by atoms with E-state index >= 15 is 0 Å². The second kappa shape index (κ2) is 12.0. The number of halogens is 1. The van der Waals surface area contributed by atoms with E-state index in [1.807, 2.05) is 25.8 Å². The lowest BCUT2D eigenvalue weighted by Crippen LogP contribution is -2.47. The molecule has 0 aromatic rings. The van der Waals surface area contributed by atoms with E-state index in [0.717, 1.165) is 37.9 Å². The lowest BCUT2D eigenvalue weighted by molar-refractivity contribution is -0.133. The quantitative estimate of drug-likeness (QED) is 0.348. The first-order valence-electron chi connectivity index (χ1n) is 10.0. The van der Waals surface area contributed by atoms with Gasteiger partial charge in [-0.3, -0.25) is 9.79 Å². The van der Waals surface area contributed by atoms with Gasteiger partial charge in [0.1, 0.15) is 0 Å². The summed E-state index contributed by atoms with van der Waals surface area (Å²) in [6, 6.07) is 0.306. The molecular formula is C19H38IN5O. The number of hydrogen-bond donors (Lipinski definition) is 2. The molecule has 0 aromatic heterocycles. The Morgan fingerprint density at radius 3 is 2.46 bits per heavy atom. The number of nitrogens with one attached hydrogen (secondary N) is 2. The van der Waals surface area contributed by atoms with Gasteiger partial charge in [0.2, 0.25) is 5.91 Å². The van der Waals surface area contributed by atoms with Crippen molar-refractivity contribution in [2.75, 3.05) is 46.3 Å². The molecule has 2 N–H and O–H groups in total. The Morgan fingerprint density at radius 1 is 1.19 bits per heavy atom. The van der Waals surface area contributed by atoms with Gasteiger partial charge in [0, 0.05) is 38.6 Å². The third-order valence-electron chi connectivity index (χ3n) is 5.36. The first-order chi connectivity index (χ1) is 12.0. The third kappa shape index (κ3) is 7.21. The number of amides is 1. The van der Waals surface area contributed by atoms with Gasteiger partial charge in [-0.2, -0.15) is 0 Å². The van der Waals surface area contributed by atoms with Gasteiger partial charge in [-0.15, -0.1) is 24.0 Å².